The Bertz CT molecular complexity index is 643. The number of carbonyl (C=O) groups excluding carboxylic acids is 1. The van der Waals surface area contributed by atoms with Crippen molar-refractivity contribution < 1.29 is 4.79 Å². The van der Waals surface area contributed by atoms with Crippen LogP contribution in [0.4, 0.5) is 5.95 Å². The molecule has 0 aliphatic heterocycles. The van der Waals surface area contributed by atoms with Crippen LogP contribution in [0.1, 0.15) is 27.3 Å². The van der Waals surface area contributed by atoms with Crippen LogP contribution in [-0.2, 0) is 0 Å². The third kappa shape index (κ3) is 3.14. The predicted molar refractivity (Wildman–Crippen MR) is 76.1 cm³/mol. The van der Waals surface area contributed by atoms with Gasteiger partial charge in [0, 0.05) is 4.47 Å². The number of aryl methyl sites for hydroxylation is 3. The summed E-state index contributed by atoms with van der Waals surface area (Å²) in [6.07, 6.45) is 0. The fraction of sp³-hybridized carbons (Fsp3) is 0.231. The Morgan fingerprint density at radius 3 is 2.58 bits per heavy atom. The summed E-state index contributed by atoms with van der Waals surface area (Å²) in [6, 6.07) is 5.56. The van der Waals surface area contributed by atoms with Crippen LogP contribution in [0.5, 0.6) is 0 Å². The molecule has 2 aromatic rings. The molecule has 1 aromatic heterocycles. The fourth-order valence-electron chi connectivity index (χ4n) is 1.49. The Balaban J connectivity index is 2.25. The van der Waals surface area contributed by atoms with E-state index in [1.54, 1.807) is 6.07 Å². The van der Waals surface area contributed by atoms with Crippen molar-refractivity contribution in [3.8, 4) is 0 Å². The Kier molecular flexibility index (Phi) is 3.90. The van der Waals surface area contributed by atoms with Gasteiger partial charge in [0.1, 0.15) is 0 Å². The van der Waals surface area contributed by atoms with E-state index in [1.165, 1.54) is 0 Å². The van der Waals surface area contributed by atoms with Crippen molar-refractivity contribution in [2.24, 2.45) is 0 Å². The van der Waals surface area contributed by atoms with Gasteiger partial charge in [-0.15, -0.1) is 5.10 Å². The molecule has 1 aromatic carbocycles. The number of rotatable bonds is 2. The Labute approximate surface area is 119 Å². The van der Waals surface area contributed by atoms with Gasteiger partial charge in [0.05, 0.1) is 17.0 Å². The first-order chi connectivity index (χ1) is 8.97. The van der Waals surface area contributed by atoms with E-state index in [9.17, 15) is 4.79 Å². The minimum absolute atomic E-state index is 0.210. The topological polar surface area (TPSA) is 67.8 Å². The first-order valence-corrected chi connectivity index (χ1v) is 6.52. The molecule has 1 N–H and O–H groups in total. The summed E-state index contributed by atoms with van der Waals surface area (Å²) in [6.45, 7) is 5.57. The van der Waals surface area contributed by atoms with E-state index in [4.69, 9.17) is 0 Å². The molecule has 1 amide bonds. The van der Waals surface area contributed by atoms with Crippen molar-refractivity contribution in [1.82, 2.24) is 15.2 Å². The van der Waals surface area contributed by atoms with Crippen molar-refractivity contribution in [3.05, 3.63) is 45.2 Å². The Morgan fingerprint density at radius 1 is 1.16 bits per heavy atom. The fourth-order valence-corrected chi connectivity index (χ4v) is 1.92. The molecular weight excluding hydrogens is 308 g/mol. The molecule has 5 nitrogen and oxygen atoms in total. The molecule has 1 heterocycles. The largest absolute Gasteiger partial charge is 0.289 e. The third-order valence-corrected chi connectivity index (χ3v) is 3.38. The van der Waals surface area contributed by atoms with Crippen LogP contribution in [0.3, 0.4) is 0 Å². The zero-order valence-electron chi connectivity index (χ0n) is 10.9. The number of carbonyl (C=O) groups is 1. The van der Waals surface area contributed by atoms with Crippen molar-refractivity contribution >= 4 is 27.8 Å². The van der Waals surface area contributed by atoms with Crippen LogP contribution >= 0.6 is 15.9 Å². The van der Waals surface area contributed by atoms with Gasteiger partial charge in [0.15, 0.2) is 0 Å². The van der Waals surface area contributed by atoms with Crippen LogP contribution in [0.15, 0.2) is 22.7 Å². The highest BCUT2D eigenvalue weighted by Gasteiger charge is 2.12. The van der Waals surface area contributed by atoms with Gasteiger partial charge in [-0.1, -0.05) is 11.6 Å². The van der Waals surface area contributed by atoms with Crippen LogP contribution in [-0.4, -0.2) is 21.1 Å². The zero-order valence-corrected chi connectivity index (χ0v) is 12.4. The minimum atomic E-state index is -0.263. The molecular formula is C13H13BrN4O. The van der Waals surface area contributed by atoms with Gasteiger partial charge in [-0.05, 0) is 48.8 Å². The van der Waals surface area contributed by atoms with Crippen LogP contribution in [0, 0.1) is 20.8 Å². The molecule has 6 heteroatoms. The van der Waals surface area contributed by atoms with Gasteiger partial charge in [0.25, 0.3) is 5.91 Å². The second-order valence-electron chi connectivity index (χ2n) is 4.24. The number of aromatic nitrogens is 3. The number of benzene rings is 1. The van der Waals surface area contributed by atoms with Crippen LogP contribution in [0.25, 0.3) is 0 Å². The van der Waals surface area contributed by atoms with E-state index in [-0.39, 0.29) is 11.9 Å². The molecule has 0 spiro atoms. The lowest BCUT2D eigenvalue weighted by Crippen LogP contribution is -2.16. The maximum Gasteiger partial charge on any atom is 0.259 e. The predicted octanol–water partition coefficient (Wildman–Crippen LogP) is 2.81. The molecule has 0 atom stereocenters. The number of hydrogen-bond acceptors (Lipinski definition) is 4. The van der Waals surface area contributed by atoms with Gasteiger partial charge in [-0.3, -0.25) is 10.1 Å². The summed E-state index contributed by atoms with van der Waals surface area (Å²) < 4.78 is 0.729. The maximum atomic E-state index is 12.1. The van der Waals surface area contributed by atoms with Crippen molar-refractivity contribution in [3.63, 3.8) is 0 Å². The highest BCUT2D eigenvalue weighted by Crippen LogP contribution is 2.19. The smallest absolute Gasteiger partial charge is 0.259 e. The van der Waals surface area contributed by atoms with E-state index in [0.717, 1.165) is 21.4 Å². The van der Waals surface area contributed by atoms with Crippen molar-refractivity contribution in [2.75, 3.05) is 5.32 Å². The van der Waals surface area contributed by atoms with Crippen molar-refractivity contribution in [1.29, 1.82) is 0 Å². The quantitative estimate of drug-likeness (QED) is 0.923. The van der Waals surface area contributed by atoms with Crippen molar-refractivity contribution in [2.45, 2.75) is 20.8 Å². The zero-order chi connectivity index (χ0) is 14.0. The minimum Gasteiger partial charge on any atom is -0.289 e. The van der Waals surface area contributed by atoms with E-state index in [1.807, 2.05) is 32.9 Å². The van der Waals surface area contributed by atoms with Gasteiger partial charge in [-0.25, -0.2) is 4.98 Å². The second kappa shape index (κ2) is 5.44. The lowest BCUT2D eigenvalue weighted by Gasteiger charge is -2.07. The summed E-state index contributed by atoms with van der Waals surface area (Å²) in [5.74, 6) is -0.0536. The molecule has 0 bridgehead atoms. The molecule has 98 valence electrons. The summed E-state index contributed by atoms with van der Waals surface area (Å²) in [7, 11) is 0. The summed E-state index contributed by atoms with van der Waals surface area (Å²) >= 11 is 3.35. The van der Waals surface area contributed by atoms with E-state index in [2.05, 4.69) is 36.4 Å². The third-order valence-electron chi connectivity index (χ3n) is 2.68. The van der Waals surface area contributed by atoms with Gasteiger partial charge < -0.3 is 0 Å². The molecule has 0 saturated heterocycles. The maximum absolute atomic E-state index is 12.1. The molecule has 0 aliphatic rings. The molecule has 0 radical (unpaired) electrons. The summed E-state index contributed by atoms with van der Waals surface area (Å²) in [5, 5.41) is 10.4. The SMILES string of the molecule is Cc1ccc(Br)c(C(=O)Nc2nnc(C)c(C)n2)c1. The van der Waals surface area contributed by atoms with E-state index in [0.29, 0.717) is 5.56 Å². The summed E-state index contributed by atoms with van der Waals surface area (Å²) in [5.41, 5.74) is 3.04. The summed E-state index contributed by atoms with van der Waals surface area (Å²) in [4.78, 5) is 16.3. The average molecular weight is 321 g/mol. The van der Waals surface area contributed by atoms with Crippen LogP contribution < -0.4 is 5.32 Å². The first kappa shape index (κ1) is 13.6. The number of anilines is 1. The average Bonchev–Trinajstić information content (AvgIpc) is 2.36. The van der Waals surface area contributed by atoms with Gasteiger partial charge in [-0.2, -0.15) is 5.10 Å². The number of nitrogens with one attached hydrogen (secondary N) is 1. The number of halogens is 1. The first-order valence-electron chi connectivity index (χ1n) is 5.73. The Hall–Kier alpha value is -1.82. The highest BCUT2D eigenvalue weighted by atomic mass is 79.9. The second-order valence-corrected chi connectivity index (χ2v) is 5.10. The molecule has 0 saturated carbocycles. The monoisotopic (exact) mass is 320 g/mol. The highest BCUT2D eigenvalue weighted by molar-refractivity contribution is 9.10. The number of amides is 1. The standard InChI is InChI=1S/C13H13BrN4O/c1-7-4-5-11(14)10(6-7)12(19)16-13-15-8(2)9(3)17-18-13/h4-6H,1-3H3,(H,15,16,18,19). The van der Waals surface area contributed by atoms with Gasteiger partial charge >= 0.3 is 0 Å². The molecule has 0 unspecified atom stereocenters. The molecule has 2 rings (SSSR count). The molecule has 0 fully saturated rings. The Morgan fingerprint density at radius 2 is 1.89 bits per heavy atom. The van der Waals surface area contributed by atoms with E-state index < -0.39 is 0 Å². The van der Waals surface area contributed by atoms with E-state index >= 15 is 0 Å². The molecule has 0 aliphatic carbocycles. The number of nitrogens with zero attached hydrogens (tertiary/aromatic N) is 3. The van der Waals surface area contributed by atoms with Gasteiger partial charge in [0.2, 0.25) is 5.95 Å². The molecule has 19 heavy (non-hydrogen) atoms. The lowest BCUT2D eigenvalue weighted by molar-refractivity contribution is 0.102. The number of hydrogen-bond donors (Lipinski definition) is 1. The lowest BCUT2D eigenvalue weighted by atomic mass is 10.1. The normalized spacial score (nSPS) is 10.3. The van der Waals surface area contributed by atoms with Crippen LogP contribution in [0.2, 0.25) is 0 Å².